The second kappa shape index (κ2) is 9.78. The minimum atomic E-state index is 0. The van der Waals surface area contributed by atoms with Gasteiger partial charge in [0, 0.05) is 12.5 Å². The molecule has 2 fully saturated rings. The molecule has 0 bridgehead atoms. The van der Waals surface area contributed by atoms with E-state index in [0.717, 1.165) is 31.3 Å². The molecule has 2 aliphatic rings. The molecule has 0 amide bonds. The maximum absolute atomic E-state index is 11.1. The molecule has 1 saturated heterocycles. The van der Waals surface area contributed by atoms with Crippen LogP contribution >= 0.6 is 12.4 Å². The van der Waals surface area contributed by atoms with Crippen molar-refractivity contribution in [3.05, 3.63) is 0 Å². The van der Waals surface area contributed by atoms with Crippen molar-refractivity contribution < 1.29 is 4.79 Å². The third kappa shape index (κ3) is 6.13. The highest BCUT2D eigenvalue weighted by atomic mass is 35.5. The lowest BCUT2D eigenvalue weighted by molar-refractivity contribution is -0.117. The van der Waals surface area contributed by atoms with E-state index in [9.17, 15) is 4.79 Å². The number of Topliss-reactive ketones (excluding diaryl/α,β-unsaturated/α-hetero) is 1. The molecule has 3 heteroatoms. The van der Waals surface area contributed by atoms with E-state index in [2.05, 4.69) is 4.90 Å². The molecular formula is C17H32ClNO. The summed E-state index contributed by atoms with van der Waals surface area (Å²) in [6.45, 7) is 4.14. The van der Waals surface area contributed by atoms with E-state index >= 15 is 0 Å². The van der Waals surface area contributed by atoms with E-state index in [0.29, 0.717) is 5.78 Å². The van der Waals surface area contributed by atoms with Crippen LogP contribution in [0.1, 0.15) is 77.6 Å². The highest BCUT2D eigenvalue weighted by Gasteiger charge is 2.25. The van der Waals surface area contributed by atoms with Crippen molar-refractivity contribution in [3.63, 3.8) is 0 Å². The third-order valence-corrected chi connectivity index (χ3v) is 5.05. The van der Waals surface area contributed by atoms with Gasteiger partial charge in [-0.25, -0.2) is 0 Å². The van der Waals surface area contributed by atoms with Crippen molar-refractivity contribution in [2.24, 2.45) is 5.92 Å². The average molecular weight is 302 g/mol. The van der Waals surface area contributed by atoms with E-state index in [1.54, 1.807) is 6.92 Å². The van der Waals surface area contributed by atoms with Gasteiger partial charge >= 0.3 is 0 Å². The molecule has 1 atom stereocenters. The second-order valence-electron chi connectivity index (χ2n) is 6.73. The topological polar surface area (TPSA) is 20.3 Å². The molecule has 2 rings (SSSR count). The summed E-state index contributed by atoms with van der Waals surface area (Å²) in [6.07, 6.45) is 14.8. The number of hydrogen-bond acceptors (Lipinski definition) is 2. The van der Waals surface area contributed by atoms with Crippen LogP contribution in [0.4, 0.5) is 0 Å². The van der Waals surface area contributed by atoms with Crippen molar-refractivity contribution in [1.29, 1.82) is 0 Å². The van der Waals surface area contributed by atoms with Gasteiger partial charge in [-0.15, -0.1) is 12.4 Å². The molecule has 1 unspecified atom stereocenters. The fourth-order valence-electron chi connectivity index (χ4n) is 3.96. The maximum atomic E-state index is 11.1. The predicted molar refractivity (Wildman–Crippen MR) is 87.6 cm³/mol. The molecule has 1 aliphatic carbocycles. The Labute approximate surface area is 131 Å². The molecule has 0 aromatic carbocycles. The summed E-state index contributed by atoms with van der Waals surface area (Å²) in [5.74, 6) is 1.34. The Balaban J connectivity index is 0.00000200. The van der Waals surface area contributed by atoms with Crippen LogP contribution in [0, 0.1) is 5.92 Å². The zero-order chi connectivity index (χ0) is 13.5. The van der Waals surface area contributed by atoms with Crippen LogP contribution in [0.3, 0.4) is 0 Å². The highest BCUT2D eigenvalue weighted by molar-refractivity contribution is 5.85. The summed E-state index contributed by atoms with van der Waals surface area (Å²) >= 11 is 0. The second-order valence-corrected chi connectivity index (χ2v) is 6.73. The maximum Gasteiger partial charge on any atom is 0.129 e. The molecule has 0 aromatic rings. The molecule has 1 aliphatic heterocycles. The van der Waals surface area contributed by atoms with Crippen LogP contribution in [0.2, 0.25) is 0 Å². The Morgan fingerprint density at radius 2 is 1.75 bits per heavy atom. The normalized spacial score (nSPS) is 25.1. The van der Waals surface area contributed by atoms with E-state index < -0.39 is 0 Å². The zero-order valence-corrected chi connectivity index (χ0v) is 13.9. The van der Waals surface area contributed by atoms with Gasteiger partial charge in [0.25, 0.3) is 0 Å². The quantitative estimate of drug-likeness (QED) is 0.714. The van der Waals surface area contributed by atoms with Crippen molar-refractivity contribution in [3.8, 4) is 0 Å². The smallest absolute Gasteiger partial charge is 0.129 e. The number of halogens is 1. The van der Waals surface area contributed by atoms with Gasteiger partial charge in [0.1, 0.15) is 5.78 Å². The fraction of sp³-hybridized carbons (Fsp3) is 0.941. The van der Waals surface area contributed by atoms with Crippen molar-refractivity contribution in [2.45, 2.75) is 83.6 Å². The molecule has 1 saturated carbocycles. The lowest BCUT2D eigenvalue weighted by Crippen LogP contribution is -2.41. The SMILES string of the molecule is CC(=O)CCCN1CCCCC1CC1CCCCC1.Cl. The molecule has 2 nitrogen and oxygen atoms in total. The third-order valence-electron chi connectivity index (χ3n) is 5.05. The summed E-state index contributed by atoms with van der Waals surface area (Å²) < 4.78 is 0. The lowest BCUT2D eigenvalue weighted by Gasteiger charge is -2.38. The monoisotopic (exact) mass is 301 g/mol. The molecule has 0 aromatic heterocycles. The van der Waals surface area contributed by atoms with Gasteiger partial charge in [0.2, 0.25) is 0 Å². The summed E-state index contributed by atoms with van der Waals surface area (Å²) in [5.41, 5.74) is 0. The number of likely N-dealkylation sites (tertiary alicyclic amines) is 1. The molecule has 0 spiro atoms. The first-order chi connectivity index (χ1) is 9.25. The van der Waals surface area contributed by atoms with E-state index in [1.807, 2.05) is 0 Å². The van der Waals surface area contributed by atoms with Crippen LogP contribution < -0.4 is 0 Å². The molecule has 20 heavy (non-hydrogen) atoms. The minimum absolute atomic E-state index is 0. The summed E-state index contributed by atoms with van der Waals surface area (Å²) in [6, 6.07) is 0.823. The standard InChI is InChI=1S/C17H31NO.ClH/c1-15(19)8-7-13-18-12-6-5-11-17(18)14-16-9-3-2-4-10-16;/h16-17H,2-14H2,1H3;1H. The van der Waals surface area contributed by atoms with E-state index in [1.165, 1.54) is 64.3 Å². The summed E-state index contributed by atoms with van der Waals surface area (Å²) in [7, 11) is 0. The molecule has 0 N–H and O–H groups in total. The molecule has 0 radical (unpaired) electrons. The number of hydrogen-bond donors (Lipinski definition) is 0. The van der Waals surface area contributed by atoms with Gasteiger partial charge in [-0.3, -0.25) is 0 Å². The Bertz CT molecular complexity index is 276. The van der Waals surface area contributed by atoms with Gasteiger partial charge in [0.15, 0.2) is 0 Å². The molecular weight excluding hydrogens is 270 g/mol. The van der Waals surface area contributed by atoms with Gasteiger partial charge in [-0.2, -0.15) is 0 Å². The zero-order valence-electron chi connectivity index (χ0n) is 13.1. The fourth-order valence-corrected chi connectivity index (χ4v) is 3.96. The van der Waals surface area contributed by atoms with Crippen LogP contribution in [0.25, 0.3) is 0 Å². The molecule has 1 heterocycles. The Morgan fingerprint density at radius 1 is 1.05 bits per heavy atom. The Kier molecular flexibility index (Phi) is 8.79. The van der Waals surface area contributed by atoms with E-state index in [-0.39, 0.29) is 12.4 Å². The largest absolute Gasteiger partial charge is 0.300 e. The predicted octanol–water partition coefficient (Wildman–Crippen LogP) is 4.60. The van der Waals surface area contributed by atoms with Gasteiger partial charge < -0.3 is 9.69 Å². The minimum Gasteiger partial charge on any atom is -0.300 e. The highest BCUT2D eigenvalue weighted by Crippen LogP contribution is 2.31. The Hall–Kier alpha value is -0.0800. The number of piperidine rings is 1. The van der Waals surface area contributed by atoms with Crippen molar-refractivity contribution in [1.82, 2.24) is 4.90 Å². The number of carbonyl (C=O) groups excluding carboxylic acids is 1. The van der Waals surface area contributed by atoms with Gasteiger partial charge in [-0.1, -0.05) is 38.5 Å². The van der Waals surface area contributed by atoms with Crippen molar-refractivity contribution >= 4 is 18.2 Å². The first kappa shape index (κ1) is 18.0. The number of ketones is 1. The summed E-state index contributed by atoms with van der Waals surface area (Å²) in [5, 5.41) is 0. The number of carbonyl (C=O) groups is 1. The van der Waals surface area contributed by atoms with Crippen LogP contribution in [0.15, 0.2) is 0 Å². The average Bonchev–Trinajstić information content (AvgIpc) is 2.41. The number of rotatable bonds is 6. The lowest BCUT2D eigenvalue weighted by atomic mass is 9.82. The Morgan fingerprint density at radius 3 is 2.45 bits per heavy atom. The van der Waals surface area contributed by atoms with E-state index in [4.69, 9.17) is 0 Å². The van der Waals surface area contributed by atoms with Crippen LogP contribution in [0.5, 0.6) is 0 Å². The van der Waals surface area contributed by atoms with Crippen molar-refractivity contribution in [2.75, 3.05) is 13.1 Å². The number of nitrogens with zero attached hydrogens (tertiary/aromatic N) is 1. The van der Waals surface area contributed by atoms with Gasteiger partial charge in [-0.05, 0) is 51.6 Å². The van der Waals surface area contributed by atoms with Crippen LogP contribution in [-0.2, 0) is 4.79 Å². The first-order valence-corrected chi connectivity index (χ1v) is 8.49. The summed E-state index contributed by atoms with van der Waals surface area (Å²) in [4.78, 5) is 13.8. The molecule has 118 valence electrons. The first-order valence-electron chi connectivity index (χ1n) is 8.49. The van der Waals surface area contributed by atoms with Gasteiger partial charge in [0.05, 0.1) is 0 Å². The van der Waals surface area contributed by atoms with Crippen LogP contribution in [-0.4, -0.2) is 29.8 Å².